The molecule has 0 bridgehead atoms. The number of aryl methyl sites for hydroxylation is 2. The molecule has 4 heteroatoms. The number of anilines is 3. The van der Waals surface area contributed by atoms with E-state index in [0.29, 0.717) is 0 Å². The van der Waals surface area contributed by atoms with Crippen LogP contribution < -0.4 is 16.1 Å². The van der Waals surface area contributed by atoms with Crippen LogP contribution in [0.2, 0.25) is 0 Å². The van der Waals surface area contributed by atoms with E-state index in [0.717, 1.165) is 61.0 Å². The van der Waals surface area contributed by atoms with Gasteiger partial charge in [0.05, 0.1) is 5.69 Å². The highest BCUT2D eigenvalue weighted by Gasteiger charge is 2.26. The van der Waals surface area contributed by atoms with E-state index in [1.54, 1.807) is 11.8 Å². The van der Waals surface area contributed by atoms with Crippen molar-refractivity contribution in [1.82, 2.24) is 0 Å². The second-order valence-corrected chi connectivity index (χ2v) is 14.2. The molecule has 2 N–H and O–H groups in total. The predicted octanol–water partition coefficient (Wildman–Crippen LogP) is 12.1. The molecule has 6 aromatic rings. The molecule has 0 unspecified atom stereocenters. The van der Waals surface area contributed by atoms with Crippen molar-refractivity contribution in [2.75, 3.05) is 17.7 Å². The fourth-order valence-electron chi connectivity index (χ4n) is 6.89. The van der Waals surface area contributed by atoms with Crippen molar-refractivity contribution >= 4 is 48.2 Å². The van der Waals surface area contributed by atoms with Crippen molar-refractivity contribution < 1.29 is 0 Å². The lowest BCUT2D eigenvalue weighted by atomic mass is 9.92. The minimum Gasteiger partial charge on any atom is -0.387 e. The number of hydrogen-bond donors (Lipinski definition) is 2. The molecule has 0 heterocycles. The summed E-state index contributed by atoms with van der Waals surface area (Å²) in [7, 11) is 8.47. The van der Waals surface area contributed by atoms with Crippen molar-refractivity contribution in [2.24, 2.45) is 0 Å². The van der Waals surface area contributed by atoms with Crippen LogP contribution >= 0.6 is 11.8 Å². The van der Waals surface area contributed by atoms with E-state index < -0.39 is 0 Å². The summed E-state index contributed by atoms with van der Waals surface area (Å²) in [5, 5.41) is 7.51. The van der Waals surface area contributed by atoms with Gasteiger partial charge in [-0.2, -0.15) is 0 Å². The van der Waals surface area contributed by atoms with Crippen LogP contribution in [-0.4, -0.2) is 14.9 Å². The van der Waals surface area contributed by atoms with Crippen LogP contribution in [0.5, 0.6) is 0 Å². The van der Waals surface area contributed by atoms with Crippen molar-refractivity contribution in [3.8, 4) is 33.4 Å². The first-order chi connectivity index (χ1) is 24.8. The molecule has 0 spiro atoms. The van der Waals surface area contributed by atoms with E-state index in [4.69, 9.17) is 7.85 Å². The predicted molar refractivity (Wildman–Crippen MR) is 223 cm³/mol. The van der Waals surface area contributed by atoms with Crippen LogP contribution in [0.15, 0.2) is 155 Å². The van der Waals surface area contributed by atoms with Gasteiger partial charge in [0.15, 0.2) is 0 Å². The monoisotopic (exact) mass is 676 g/mol. The summed E-state index contributed by atoms with van der Waals surface area (Å²) in [5.41, 5.74) is 18.6. The maximum atomic E-state index is 6.46. The first kappa shape index (κ1) is 34.0. The topological polar surface area (TPSA) is 24.1 Å². The van der Waals surface area contributed by atoms with Gasteiger partial charge in [0.1, 0.15) is 7.85 Å². The van der Waals surface area contributed by atoms with Crippen LogP contribution in [0.4, 0.5) is 17.1 Å². The third-order valence-electron chi connectivity index (χ3n) is 9.57. The molecule has 0 amide bonds. The minimum absolute atomic E-state index is 0.731. The van der Waals surface area contributed by atoms with E-state index in [1.165, 1.54) is 44.5 Å². The highest BCUT2D eigenvalue weighted by Crippen LogP contribution is 2.50. The Balaban J connectivity index is 1.48. The average Bonchev–Trinajstić information content (AvgIpc) is 3.52. The van der Waals surface area contributed by atoms with Crippen molar-refractivity contribution in [3.63, 3.8) is 0 Å². The molecule has 6 aromatic carbocycles. The fourth-order valence-corrected chi connectivity index (χ4v) is 8.11. The Kier molecular flexibility index (Phi) is 9.88. The molecule has 0 fully saturated rings. The lowest BCUT2D eigenvalue weighted by molar-refractivity contribution is 1.26. The van der Waals surface area contributed by atoms with Crippen LogP contribution in [0.3, 0.4) is 0 Å². The largest absolute Gasteiger partial charge is 0.387 e. The van der Waals surface area contributed by atoms with Crippen molar-refractivity contribution in [1.29, 1.82) is 0 Å². The first-order valence-corrected chi connectivity index (χ1v) is 18.2. The molecule has 0 aliphatic heterocycles. The van der Waals surface area contributed by atoms with Gasteiger partial charge in [0.25, 0.3) is 0 Å². The number of benzene rings is 6. The second kappa shape index (κ2) is 14.8. The smallest absolute Gasteiger partial charge is 0.113 e. The van der Waals surface area contributed by atoms with E-state index >= 15 is 0 Å². The molecule has 0 atom stereocenters. The van der Waals surface area contributed by atoms with Gasteiger partial charge in [-0.15, -0.1) is 0 Å². The molecule has 248 valence electrons. The van der Waals surface area contributed by atoms with Crippen LogP contribution in [0, 0.1) is 13.8 Å². The first-order valence-electron chi connectivity index (χ1n) is 17.4. The lowest BCUT2D eigenvalue weighted by Gasteiger charge is -2.23. The number of fused-ring (bicyclic) bond motifs is 3. The summed E-state index contributed by atoms with van der Waals surface area (Å²) in [6, 6.07) is 41.5. The van der Waals surface area contributed by atoms with E-state index in [2.05, 4.69) is 159 Å². The van der Waals surface area contributed by atoms with Gasteiger partial charge in [0, 0.05) is 45.8 Å². The summed E-state index contributed by atoms with van der Waals surface area (Å²) in [6.07, 6.45) is 8.98. The second-order valence-electron chi connectivity index (χ2n) is 13.2. The third-order valence-corrected chi connectivity index (χ3v) is 10.8. The molecule has 1 aliphatic rings. The fraction of sp³-hybridized carbons (Fsp3) is 0.106. The molecule has 2 nitrogen and oxygen atoms in total. The number of nitrogens with one attached hydrogen (secondary N) is 2. The van der Waals surface area contributed by atoms with E-state index in [-0.39, 0.29) is 0 Å². The Labute approximate surface area is 308 Å². The molecule has 0 aromatic heterocycles. The molecule has 2 radical (unpaired) electrons. The standard InChI is InChI=1S/C47H41BN2S/c1-6-11-30(2)16-19-33-20-21-36(48)29-45(33)51-47-43(27-35(28-44(47)49-5)38-14-9-7-12-32(38)4)41-25-24-40-39-15-10-8-13-34(39)26-42(40)46(41)50-37-22-17-31(3)18-23-37/h6-25,27-29,49-50H,1,26H2,2-5H3/b19-16-,30-11-. The van der Waals surface area contributed by atoms with Gasteiger partial charge in [-0.25, -0.2) is 0 Å². The summed E-state index contributed by atoms with van der Waals surface area (Å²) in [6.45, 7) is 10.3. The normalized spacial score (nSPS) is 12.1. The highest BCUT2D eigenvalue weighted by atomic mass is 32.2. The van der Waals surface area contributed by atoms with Gasteiger partial charge in [0.2, 0.25) is 0 Å². The average molecular weight is 677 g/mol. The molecule has 51 heavy (non-hydrogen) atoms. The van der Waals surface area contributed by atoms with Crippen molar-refractivity contribution in [2.45, 2.75) is 37.0 Å². The number of allylic oxidation sites excluding steroid dienone is 4. The lowest BCUT2D eigenvalue weighted by Crippen LogP contribution is -2.03. The summed E-state index contributed by atoms with van der Waals surface area (Å²) in [4.78, 5) is 2.22. The molecule has 7 rings (SSSR count). The SMILES string of the molecule is [B]c1ccc(/C=C\C(C)=C/C=C)c(Sc2c(NC)cc(-c3ccccc3C)cc2-c2ccc3c(c2Nc2ccc(C)cc2)Cc2ccccc2-3)c1. The Morgan fingerprint density at radius 1 is 0.784 bits per heavy atom. The summed E-state index contributed by atoms with van der Waals surface area (Å²) < 4.78 is 0. The molecular weight excluding hydrogens is 635 g/mol. The summed E-state index contributed by atoms with van der Waals surface area (Å²) >= 11 is 1.75. The van der Waals surface area contributed by atoms with Gasteiger partial charge in [-0.05, 0) is 89.5 Å². The molecule has 0 saturated heterocycles. The zero-order valence-corrected chi connectivity index (χ0v) is 30.5. The van der Waals surface area contributed by atoms with Gasteiger partial charge in [-0.1, -0.05) is 150 Å². The summed E-state index contributed by atoms with van der Waals surface area (Å²) in [5.74, 6) is 0. The van der Waals surface area contributed by atoms with Crippen LogP contribution in [0.25, 0.3) is 39.5 Å². The Morgan fingerprint density at radius 3 is 2.29 bits per heavy atom. The third kappa shape index (κ3) is 7.11. The van der Waals surface area contributed by atoms with Crippen LogP contribution in [0.1, 0.15) is 34.7 Å². The molecule has 1 aliphatic carbocycles. The van der Waals surface area contributed by atoms with Crippen molar-refractivity contribution in [3.05, 3.63) is 173 Å². The van der Waals surface area contributed by atoms with Gasteiger partial charge in [-0.3, -0.25) is 0 Å². The zero-order chi connectivity index (χ0) is 35.5. The Morgan fingerprint density at radius 2 is 1.53 bits per heavy atom. The van der Waals surface area contributed by atoms with E-state index in [9.17, 15) is 0 Å². The van der Waals surface area contributed by atoms with Gasteiger partial charge < -0.3 is 10.6 Å². The Bertz CT molecular complexity index is 2330. The zero-order valence-electron chi connectivity index (χ0n) is 29.7. The Hall–Kier alpha value is -5.45. The number of rotatable bonds is 10. The molecule has 0 saturated carbocycles. The highest BCUT2D eigenvalue weighted by molar-refractivity contribution is 7.99. The van der Waals surface area contributed by atoms with Crippen LogP contribution in [-0.2, 0) is 6.42 Å². The maximum Gasteiger partial charge on any atom is 0.113 e. The van der Waals surface area contributed by atoms with Gasteiger partial charge >= 0.3 is 0 Å². The maximum absolute atomic E-state index is 6.46. The van der Waals surface area contributed by atoms with E-state index in [1.807, 2.05) is 25.3 Å². The quantitative estimate of drug-likeness (QED) is 0.111. The molecular formula is C47H41BN2S. The number of hydrogen-bond acceptors (Lipinski definition) is 3. The minimum atomic E-state index is 0.731.